The van der Waals surface area contributed by atoms with Gasteiger partial charge in [0.05, 0.1) is 19.8 Å². The Kier molecular flexibility index (Phi) is 5.11. The van der Waals surface area contributed by atoms with Crippen molar-refractivity contribution < 1.29 is 14.3 Å². The molecule has 0 saturated carbocycles. The third-order valence-corrected chi connectivity index (χ3v) is 4.62. The van der Waals surface area contributed by atoms with E-state index in [2.05, 4.69) is 15.3 Å². The zero-order valence-corrected chi connectivity index (χ0v) is 16.1. The lowest BCUT2D eigenvalue weighted by atomic mass is 10.1. The molecule has 0 bridgehead atoms. The van der Waals surface area contributed by atoms with Crippen LogP contribution in [0.15, 0.2) is 67.0 Å². The van der Waals surface area contributed by atoms with Gasteiger partial charge >= 0.3 is 5.97 Å². The van der Waals surface area contributed by atoms with E-state index in [1.54, 1.807) is 25.4 Å². The molecule has 0 aliphatic rings. The van der Waals surface area contributed by atoms with Gasteiger partial charge in [-0.1, -0.05) is 30.3 Å². The minimum atomic E-state index is -0.372. The van der Waals surface area contributed by atoms with Crippen molar-refractivity contribution in [3.63, 3.8) is 0 Å². The number of rotatable bonds is 6. The molecule has 0 saturated heterocycles. The molecule has 2 aromatic carbocycles. The number of aromatic nitrogens is 3. The molecule has 0 fully saturated rings. The van der Waals surface area contributed by atoms with Gasteiger partial charge in [0, 0.05) is 30.1 Å². The summed E-state index contributed by atoms with van der Waals surface area (Å²) in [6.07, 6.45) is 3.61. The Hall–Kier alpha value is -3.87. The highest BCUT2D eigenvalue weighted by Gasteiger charge is 2.16. The summed E-state index contributed by atoms with van der Waals surface area (Å²) in [6, 6.07) is 16.9. The number of hydrogen-bond donors (Lipinski definition) is 1. The Morgan fingerprint density at radius 1 is 1.07 bits per heavy atom. The van der Waals surface area contributed by atoms with E-state index in [-0.39, 0.29) is 5.97 Å². The van der Waals surface area contributed by atoms with Gasteiger partial charge in [0.1, 0.15) is 17.3 Å². The smallest absolute Gasteiger partial charge is 0.337 e. The number of ether oxygens (including phenoxy) is 2. The molecular formula is C22H20N4O3. The zero-order valence-electron chi connectivity index (χ0n) is 16.1. The summed E-state index contributed by atoms with van der Waals surface area (Å²) in [6.45, 7) is 0.556. The molecule has 0 aliphatic carbocycles. The van der Waals surface area contributed by atoms with Crippen LogP contribution in [0.25, 0.3) is 17.0 Å². The Morgan fingerprint density at radius 2 is 1.86 bits per heavy atom. The first-order valence-corrected chi connectivity index (χ1v) is 9.09. The molecule has 4 aromatic rings. The van der Waals surface area contributed by atoms with Crippen LogP contribution in [0.5, 0.6) is 5.75 Å². The van der Waals surface area contributed by atoms with E-state index >= 15 is 0 Å². The van der Waals surface area contributed by atoms with Crippen LogP contribution in [0.1, 0.15) is 15.9 Å². The van der Waals surface area contributed by atoms with Gasteiger partial charge in [-0.05, 0) is 24.3 Å². The number of fused-ring (bicyclic) bond motifs is 1. The molecule has 1 N–H and O–H groups in total. The number of nitrogens with one attached hydrogen (secondary N) is 1. The van der Waals surface area contributed by atoms with E-state index in [1.165, 1.54) is 7.11 Å². The Labute approximate surface area is 168 Å². The first-order chi connectivity index (χ1) is 14.2. The summed E-state index contributed by atoms with van der Waals surface area (Å²) in [5.41, 5.74) is 3.13. The molecule has 0 amide bonds. The SMILES string of the molecule is COC(=O)c1ccc(-c2nc3ncccn3c2NCc2ccccc2OC)cc1. The fourth-order valence-electron chi connectivity index (χ4n) is 3.17. The second kappa shape index (κ2) is 8.02. The zero-order chi connectivity index (χ0) is 20.2. The molecule has 0 radical (unpaired) electrons. The van der Waals surface area contributed by atoms with Crippen LogP contribution in [0.3, 0.4) is 0 Å². The predicted molar refractivity (Wildman–Crippen MR) is 110 cm³/mol. The molecule has 0 atom stereocenters. The summed E-state index contributed by atoms with van der Waals surface area (Å²) in [7, 11) is 3.02. The molecule has 2 heterocycles. The largest absolute Gasteiger partial charge is 0.496 e. The number of carbonyl (C=O) groups excluding carboxylic acids is 1. The first kappa shape index (κ1) is 18.5. The van der Waals surface area contributed by atoms with Gasteiger partial charge in [0.25, 0.3) is 0 Å². The third kappa shape index (κ3) is 3.62. The molecule has 146 valence electrons. The van der Waals surface area contributed by atoms with Crippen molar-refractivity contribution >= 4 is 17.6 Å². The van der Waals surface area contributed by atoms with Gasteiger partial charge in [-0.25, -0.2) is 14.8 Å². The van der Waals surface area contributed by atoms with Crippen LogP contribution < -0.4 is 10.1 Å². The fraction of sp³-hybridized carbons (Fsp3) is 0.136. The van der Waals surface area contributed by atoms with Crippen LogP contribution in [0.4, 0.5) is 5.82 Å². The van der Waals surface area contributed by atoms with E-state index < -0.39 is 0 Å². The monoisotopic (exact) mass is 388 g/mol. The Morgan fingerprint density at radius 3 is 2.62 bits per heavy atom. The van der Waals surface area contributed by atoms with Gasteiger partial charge < -0.3 is 14.8 Å². The molecule has 29 heavy (non-hydrogen) atoms. The number of benzene rings is 2. The maximum absolute atomic E-state index is 11.7. The van der Waals surface area contributed by atoms with E-state index in [0.717, 1.165) is 28.4 Å². The van der Waals surface area contributed by atoms with Crippen molar-refractivity contribution in [1.82, 2.24) is 14.4 Å². The van der Waals surface area contributed by atoms with E-state index in [9.17, 15) is 4.79 Å². The van der Waals surface area contributed by atoms with Crippen LogP contribution in [0, 0.1) is 0 Å². The Bertz CT molecular complexity index is 1150. The van der Waals surface area contributed by atoms with Gasteiger partial charge in [0.2, 0.25) is 5.78 Å². The van der Waals surface area contributed by atoms with Crippen LogP contribution in [-0.2, 0) is 11.3 Å². The number of carbonyl (C=O) groups is 1. The molecule has 0 unspecified atom stereocenters. The van der Waals surface area contributed by atoms with Gasteiger partial charge in [-0.2, -0.15) is 0 Å². The number of hydrogen-bond acceptors (Lipinski definition) is 6. The molecule has 7 heteroatoms. The van der Waals surface area contributed by atoms with Crippen molar-refractivity contribution in [2.24, 2.45) is 0 Å². The van der Waals surface area contributed by atoms with Crippen molar-refractivity contribution in [1.29, 1.82) is 0 Å². The average Bonchev–Trinajstić information content (AvgIpc) is 3.16. The molecule has 4 rings (SSSR count). The molecule has 0 spiro atoms. The summed E-state index contributed by atoms with van der Waals surface area (Å²) < 4.78 is 12.1. The van der Waals surface area contributed by atoms with E-state index in [4.69, 9.17) is 9.47 Å². The molecule has 0 aliphatic heterocycles. The lowest BCUT2D eigenvalue weighted by molar-refractivity contribution is 0.0601. The van der Waals surface area contributed by atoms with Crippen LogP contribution in [-0.4, -0.2) is 34.6 Å². The summed E-state index contributed by atoms with van der Waals surface area (Å²) in [5.74, 6) is 1.84. The Balaban J connectivity index is 1.72. The highest BCUT2D eigenvalue weighted by Crippen LogP contribution is 2.29. The van der Waals surface area contributed by atoms with E-state index in [1.807, 2.05) is 53.1 Å². The quantitative estimate of drug-likeness (QED) is 0.506. The molecular weight excluding hydrogens is 368 g/mol. The summed E-state index contributed by atoms with van der Waals surface area (Å²) >= 11 is 0. The highest BCUT2D eigenvalue weighted by atomic mass is 16.5. The van der Waals surface area contributed by atoms with Crippen LogP contribution in [0.2, 0.25) is 0 Å². The predicted octanol–water partition coefficient (Wildman–Crippen LogP) is 3.80. The van der Waals surface area contributed by atoms with Crippen LogP contribution >= 0.6 is 0 Å². The van der Waals surface area contributed by atoms with E-state index in [0.29, 0.717) is 17.9 Å². The number of methoxy groups -OCH3 is 2. The summed E-state index contributed by atoms with van der Waals surface area (Å²) in [5, 5.41) is 3.46. The molecule has 2 aromatic heterocycles. The second-order valence-electron chi connectivity index (χ2n) is 6.33. The number of para-hydroxylation sites is 1. The van der Waals surface area contributed by atoms with Gasteiger partial charge in [-0.3, -0.25) is 4.40 Å². The number of anilines is 1. The second-order valence-corrected chi connectivity index (χ2v) is 6.33. The topological polar surface area (TPSA) is 77.8 Å². The van der Waals surface area contributed by atoms with Gasteiger partial charge in [-0.15, -0.1) is 0 Å². The summed E-state index contributed by atoms with van der Waals surface area (Å²) in [4.78, 5) is 20.7. The number of imidazole rings is 1. The number of esters is 1. The minimum Gasteiger partial charge on any atom is -0.496 e. The van der Waals surface area contributed by atoms with Crippen molar-refractivity contribution in [3.8, 4) is 17.0 Å². The van der Waals surface area contributed by atoms with Crippen molar-refractivity contribution in [3.05, 3.63) is 78.1 Å². The average molecular weight is 388 g/mol. The van der Waals surface area contributed by atoms with Crippen molar-refractivity contribution in [2.75, 3.05) is 19.5 Å². The van der Waals surface area contributed by atoms with Gasteiger partial charge in [0.15, 0.2) is 0 Å². The standard InChI is InChI=1S/C22H20N4O3/c1-28-18-7-4-3-6-17(18)14-24-20-19(25-22-23-12-5-13-26(20)22)15-8-10-16(11-9-15)21(27)29-2/h3-13,24H,14H2,1-2H3. The maximum Gasteiger partial charge on any atom is 0.337 e. The minimum absolute atomic E-state index is 0.372. The normalized spacial score (nSPS) is 10.7. The lowest BCUT2D eigenvalue weighted by Crippen LogP contribution is -2.05. The third-order valence-electron chi connectivity index (χ3n) is 4.62. The fourth-order valence-corrected chi connectivity index (χ4v) is 3.17. The highest BCUT2D eigenvalue weighted by molar-refractivity contribution is 5.90. The van der Waals surface area contributed by atoms with Crippen molar-refractivity contribution in [2.45, 2.75) is 6.54 Å². The number of nitrogens with zero attached hydrogens (tertiary/aromatic N) is 3. The first-order valence-electron chi connectivity index (χ1n) is 9.09. The lowest BCUT2D eigenvalue weighted by Gasteiger charge is -2.12. The molecule has 7 nitrogen and oxygen atoms in total. The maximum atomic E-state index is 11.7.